The first-order valence-electron chi connectivity index (χ1n) is 4.72. The second-order valence-corrected chi connectivity index (χ2v) is 4.43. The zero-order chi connectivity index (χ0) is 12.3. The number of carbonyl (C=O) groups is 2. The first kappa shape index (κ1) is 13.3. The third-order valence-electron chi connectivity index (χ3n) is 2.03. The number of ether oxygens (including phenoxy) is 2. The van der Waals surface area contributed by atoms with Crippen LogP contribution in [0.3, 0.4) is 0 Å². The van der Waals surface area contributed by atoms with Crippen LogP contribution >= 0.6 is 23.2 Å². The van der Waals surface area contributed by atoms with Crippen molar-refractivity contribution in [2.24, 2.45) is 0 Å². The fourth-order valence-electron chi connectivity index (χ4n) is 1.44. The van der Waals surface area contributed by atoms with Gasteiger partial charge in [0.05, 0.1) is 10.8 Å². The highest BCUT2D eigenvalue weighted by atomic mass is 35.5. The maximum Gasteiger partial charge on any atom is 0.303 e. The molecule has 0 aromatic rings. The van der Waals surface area contributed by atoms with Crippen LogP contribution in [0.4, 0.5) is 0 Å². The summed E-state index contributed by atoms with van der Waals surface area (Å²) in [4.78, 5) is 21.8. The monoisotopic (exact) mass is 266 g/mol. The number of carbonyl (C=O) groups excluding carboxylic acids is 2. The Bertz CT molecular complexity index is 286. The summed E-state index contributed by atoms with van der Waals surface area (Å²) in [5, 5.41) is -1.11. The highest BCUT2D eigenvalue weighted by molar-refractivity contribution is 6.25. The highest BCUT2D eigenvalue weighted by Gasteiger charge is 2.39. The summed E-state index contributed by atoms with van der Waals surface area (Å²) >= 11 is 11.9. The Morgan fingerprint density at radius 2 is 1.25 bits per heavy atom. The molecule has 0 saturated carbocycles. The van der Waals surface area contributed by atoms with Crippen LogP contribution in [0, 0.1) is 0 Å². The van der Waals surface area contributed by atoms with Gasteiger partial charge < -0.3 is 9.47 Å². The van der Waals surface area contributed by atoms with Crippen LogP contribution in [0.25, 0.3) is 0 Å². The lowest BCUT2D eigenvalue weighted by Gasteiger charge is -2.33. The molecule has 0 spiro atoms. The topological polar surface area (TPSA) is 52.6 Å². The molecular weight excluding hydrogens is 255 g/mol. The molecule has 0 heterocycles. The molecule has 0 aliphatic heterocycles. The molecule has 0 bridgehead atoms. The van der Waals surface area contributed by atoms with Crippen molar-refractivity contribution in [1.82, 2.24) is 0 Å². The summed E-state index contributed by atoms with van der Waals surface area (Å²) < 4.78 is 10.0. The van der Waals surface area contributed by atoms with Gasteiger partial charge in [0.25, 0.3) is 0 Å². The van der Waals surface area contributed by atoms with Gasteiger partial charge in [0.15, 0.2) is 12.2 Å². The van der Waals surface area contributed by atoms with E-state index in [9.17, 15) is 9.59 Å². The van der Waals surface area contributed by atoms with Crippen molar-refractivity contribution in [2.45, 2.75) is 36.8 Å². The Labute approximate surface area is 103 Å². The Hall–Kier alpha value is -0.740. The van der Waals surface area contributed by atoms with Crippen molar-refractivity contribution < 1.29 is 19.1 Å². The summed E-state index contributed by atoms with van der Waals surface area (Å²) in [6, 6.07) is 0. The van der Waals surface area contributed by atoms with Crippen molar-refractivity contribution in [2.75, 3.05) is 0 Å². The Morgan fingerprint density at radius 3 is 1.50 bits per heavy atom. The molecule has 4 nitrogen and oxygen atoms in total. The average Bonchev–Trinajstić information content (AvgIpc) is 2.16. The van der Waals surface area contributed by atoms with Gasteiger partial charge in [0.2, 0.25) is 0 Å². The first-order valence-corrected chi connectivity index (χ1v) is 5.60. The molecule has 0 saturated heterocycles. The average molecular weight is 267 g/mol. The van der Waals surface area contributed by atoms with E-state index >= 15 is 0 Å². The molecule has 0 fully saturated rings. The summed E-state index contributed by atoms with van der Waals surface area (Å²) in [6.45, 7) is 2.52. The van der Waals surface area contributed by atoms with Gasteiger partial charge in [-0.1, -0.05) is 12.2 Å². The lowest BCUT2D eigenvalue weighted by molar-refractivity contribution is -0.164. The van der Waals surface area contributed by atoms with E-state index in [0.29, 0.717) is 0 Å². The largest absolute Gasteiger partial charge is 0.457 e. The molecule has 16 heavy (non-hydrogen) atoms. The number of hydrogen-bond donors (Lipinski definition) is 0. The van der Waals surface area contributed by atoms with E-state index in [4.69, 9.17) is 32.7 Å². The van der Waals surface area contributed by atoms with Gasteiger partial charge in [-0.25, -0.2) is 0 Å². The van der Waals surface area contributed by atoms with Crippen molar-refractivity contribution in [3.8, 4) is 0 Å². The van der Waals surface area contributed by atoms with Gasteiger partial charge in [0, 0.05) is 13.8 Å². The minimum absolute atomic E-state index is 0.494. The molecule has 1 aliphatic carbocycles. The normalized spacial score (nSPS) is 33.2. The van der Waals surface area contributed by atoms with Crippen molar-refractivity contribution >= 4 is 35.1 Å². The quantitative estimate of drug-likeness (QED) is 0.433. The van der Waals surface area contributed by atoms with E-state index in [1.54, 1.807) is 12.2 Å². The maximum atomic E-state index is 10.9. The maximum absolute atomic E-state index is 10.9. The molecule has 0 amide bonds. The van der Waals surface area contributed by atoms with Crippen LogP contribution in [0.2, 0.25) is 0 Å². The molecule has 4 atom stereocenters. The smallest absolute Gasteiger partial charge is 0.303 e. The predicted octanol–water partition coefficient (Wildman–Crippen LogP) is 1.63. The minimum atomic E-state index is -0.754. The van der Waals surface area contributed by atoms with Crippen LogP contribution in [0.15, 0.2) is 12.2 Å². The summed E-state index contributed by atoms with van der Waals surface area (Å²) in [5.74, 6) is -0.987. The predicted molar refractivity (Wildman–Crippen MR) is 59.5 cm³/mol. The molecule has 0 aromatic carbocycles. The van der Waals surface area contributed by atoms with E-state index < -0.39 is 34.9 Å². The zero-order valence-electron chi connectivity index (χ0n) is 8.85. The number of halogens is 2. The van der Waals surface area contributed by atoms with Crippen LogP contribution < -0.4 is 0 Å². The van der Waals surface area contributed by atoms with Crippen molar-refractivity contribution in [3.63, 3.8) is 0 Å². The summed E-state index contributed by atoms with van der Waals surface area (Å²) in [5.41, 5.74) is 0. The fraction of sp³-hybridized carbons (Fsp3) is 0.600. The molecule has 1 rings (SSSR count). The van der Waals surface area contributed by atoms with Gasteiger partial charge in [-0.2, -0.15) is 0 Å². The Kier molecular flexibility index (Phi) is 4.62. The Morgan fingerprint density at radius 1 is 0.938 bits per heavy atom. The second kappa shape index (κ2) is 5.55. The number of rotatable bonds is 2. The molecule has 6 heteroatoms. The van der Waals surface area contributed by atoms with Crippen molar-refractivity contribution in [3.05, 3.63) is 12.2 Å². The second-order valence-electron chi connectivity index (χ2n) is 3.42. The van der Waals surface area contributed by atoms with E-state index in [1.807, 2.05) is 0 Å². The number of hydrogen-bond acceptors (Lipinski definition) is 4. The van der Waals surface area contributed by atoms with Crippen LogP contribution in [0.1, 0.15) is 13.8 Å². The SMILES string of the molecule is CC(=O)O[C@@H]1[C@@H](OC(C)=O)[C@H](Cl)C=C[C@H]1Cl. The molecule has 1 aliphatic rings. The third-order valence-corrected chi connectivity index (χ3v) is 2.82. The third kappa shape index (κ3) is 3.39. The van der Waals surface area contributed by atoms with Crippen LogP contribution in [-0.4, -0.2) is 34.9 Å². The fourth-order valence-corrected chi connectivity index (χ4v) is 2.00. The molecule has 0 radical (unpaired) electrons. The standard InChI is InChI=1S/C10H12Cl2O4/c1-5(13)15-9-7(11)3-4-8(12)10(9)16-6(2)14/h3-4,7-10H,1-2H3/t7-,8-,9+,10+/m1/s1. The van der Waals surface area contributed by atoms with E-state index in [2.05, 4.69) is 0 Å². The van der Waals surface area contributed by atoms with Crippen LogP contribution in [-0.2, 0) is 19.1 Å². The lowest BCUT2D eigenvalue weighted by Crippen LogP contribution is -2.47. The molecule has 90 valence electrons. The summed E-state index contributed by atoms with van der Waals surface area (Å²) in [7, 11) is 0. The first-order chi connectivity index (χ1) is 7.41. The van der Waals surface area contributed by atoms with Gasteiger partial charge in [-0.05, 0) is 0 Å². The van der Waals surface area contributed by atoms with Gasteiger partial charge in [0.1, 0.15) is 0 Å². The zero-order valence-corrected chi connectivity index (χ0v) is 10.4. The Balaban J connectivity index is 2.83. The lowest BCUT2D eigenvalue weighted by atomic mass is 10.00. The number of esters is 2. The van der Waals surface area contributed by atoms with Gasteiger partial charge >= 0.3 is 11.9 Å². The van der Waals surface area contributed by atoms with E-state index in [-0.39, 0.29) is 0 Å². The highest BCUT2D eigenvalue weighted by Crippen LogP contribution is 2.27. The molecule has 0 unspecified atom stereocenters. The van der Waals surface area contributed by atoms with Gasteiger partial charge in [-0.3, -0.25) is 9.59 Å². The molecule has 0 aromatic heterocycles. The number of alkyl halides is 2. The van der Waals surface area contributed by atoms with Gasteiger partial charge in [-0.15, -0.1) is 23.2 Å². The molecular formula is C10H12Cl2O4. The minimum Gasteiger partial charge on any atom is -0.457 e. The van der Waals surface area contributed by atoms with Crippen LogP contribution in [0.5, 0.6) is 0 Å². The van der Waals surface area contributed by atoms with Crippen molar-refractivity contribution in [1.29, 1.82) is 0 Å². The molecule has 0 N–H and O–H groups in total. The van der Waals surface area contributed by atoms with E-state index in [1.165, 1.54) is 13.8 Å². The summed E-state index contributed by atoms with van der Waals surface area (Å²) in [6.07, 6.45) is 1.73. The van der Waals surface area contributed by atoms with E-state index in [0.717, 1.165) is 0 Å².